The molecule has 7 nitrogen and oxygen atoms in total. The van der Waals surface area contributed by atoms with Gasteiger partial charge in [0.05, 0.1) is 4.90 Å². The van der Waals surface area contributed by atoms with E-state index < -0.39 is 22.5 Å². The Kier molecular flexibility index (Phi) is 7.38. The smallest absolute Gasteiger partial charge is 0.321 e. The molecule has 1 aromatic rings. The molecule has 150 valence electrons. The van der Waals surface area contributed by atoms with E-state index in [2.05, 4.69) is 0 Å². The van der Waals surface area contributed by atoms with Crippen LogP contribution < -0.4 is 0 Å². The van der Waals surface area contributed by atoms with Crippen LogP contribution in [0.2, 0.25) is 0 Å². The lowest BCUT2D eigenvalue weighted by Gasteiger charge is -2.31. The summed E-state index contributed by atoms with van der Waals surface area (Å²) >= 11 is 0. The van der Waals surface area contributed by atoms with Crippen molar-refractivity contribution >= 4 is 21.9 Å². The Bertz CT molecular complexity index is 755. The Morgan fingerprint density at radius 1 is 1.07 bits per heavy atom. The normalized spacial score (nSPS) is 15.6. The fourth-order valence-corrected chi connectivity index (χ4v) is 4.23. The largest absolute Gasteiger partial charge is 0.455 e. The number of aryl methyl sites for hydroxylation is 1. The maximum Gasteiger partial charge on any atom is 0.321 e. The first-order valence-corrected chi connectivity index (χ1v) is 10.6. The van der Waals surface area contributed by atoms with Gasteiger partial charge < -0.3 is 9.64 Å². The third kappa shape index (κ3) is 5.77. The van der Waals surface area contributed by atoms with Crippen molar-refractivity contribution in [3.05, 3.63) is 29.8 Å². The van der Waals surface area contributed by atoms with Gasteiger partial charge in [-0.25, -0.2) is 8.42 Å². The van der Waals surface area contributed by atoms with Crippen LogP contribution in [0, 0.1) is 6.92 Å². The lowest BCUT2D eigenvalue weighted by molar-refractivity contribution is -0.152. The highest BCUT2D eigenvalue weighted by atomic mass is 32.2. The van der Waals surface area contributed by atoms with E-state index in [0.29, 0.717) is 0 Å². The molecule has 0 saturated heterocycles. The lowest BCUT2D eigenvalue weighted by Crippen LogP contribution is -2.41. The standard InChI is InChI=1S/C19H28N2O5S/c1-15-9-11-17(12-10-15)27(24,25)20(2)13-19(23)26-14-18(22)21(3)16-7-5-4-6-8-16/h9-12,16H,4-8,13-14H2,1-3H3. The van der Waals surface area contributed by atoms with Gasteiger partial charge in [-0.15, -0.1) is 0 Å². The van der Waals surface area contributed by atoms with Crippen LogP contribution in [-0.2, 0) is 24.3 Å². The Morgan fingerprint density at radius 3 is 2.26 bits per heavy atom. The van der Waals surface area contributed by atoms with Crippen LogP contribution in [0.4, 0.5) is 0 Å². The number of rotatable bonds is 7. The molecule has 0 unspecified atom stereocenters. The zero-order valence-electron chi connectivity index (χ0n) is 16.2. The van der Waals surface area contributed by atoms with Crippen LogP contribution in [0.25, 0.3) is 0 Å². The summed E-state index contributed by atoms with van der Waals surface area (Å²) in [5, 5.41) is 0. The van der Waals surface area contributed by atoms with Crippen molar-refractivity contribution in [3.63, 3.8) is 0 Å². The number of ether oxygens (including phenoxy) is 1. The number of sulfonamides is 1. The minimum Gasteiger partial charge on any atom is -0.455 e. The summed E-state index contributed by atoms with van der Waals surface area (Å²) in [6.45, 7) is 1.04. The third-order valence-electron chi connectivity index (χ3n) is 4.95. The quantitative estimate of drug-likeness (QED) is 0.658. The fourth-order valence-electron chi connectivity index (χ4n) is 3.12. The van der Waals surface area contributed by atoms with Crippen LogP contribution in [0.15, 0.2) is 29.2 Å². The first-order valence-electron chi connectivity index (χ1n) is 9.16. The highest BCUT2D eigenvalue weighted by Gasteiger charge is 2.25. The maximum absolute atomic E-state index is 12.5. The molecule has 0 radical (unpaired) electrons. The second-order valence-corrected chi connectivity index (χ2v) is 9.08. The highest BCUT2D eigenvalue weighted by Crippen LogP contribution is 2.21. The SMILES string of the molecule is Cc1ccc(S(=O)(=O)N(C)CC(=O)OCC(=O)N(C)C2CCCCC2)cc1. The average molecular weight is 397 g/mol. The Balaban J connectivity index is 1.85. The van der Waals surface area contributed by atoms with Gasteiger partial charge >= 0.3 is 5.97 Å². The van der Waals surface area contributed by atoms with E-state index in [1.807, 2.05) is 6.92 Å². The molecule has 0 heterocycles. The molecule has 0 N–H and O–H groups in total. The number of likely N-dealkylation sites (N-methyl/N-ethyl adjacent to an activating group) is 2. The monoisotopic (exact) mass is 396 g/mol. The summed E-state index contributed by atoms with van der Waals surface area (Å²) in [6.07, 6.45) is 5.32. The summed E-state index contributed by atoms with van der Waals surface area (Å²) in [5.41, 5.74) is 0.941. The van der Waals surface area contributed by atoms with Crippen molar-refractivity contribution in [2.45, 2.75) is 50.0 Å². The van der Waals surface area contributed by atoms with E-state index in [4.69, 9.17) is 4.74 Å². The number of esters is 1. The van der Waals surface area contributed by atoms with Crippen molar-refractivity contribution in [2.75, 3.05) is 27.2 Å². The maximum atomic E-state index is 12.5. The van der Waals surface area contributed by atoms with Crippen LogP contribution in [0.3, 0.4) is 0 Å². The molecule has 0 bridgehead atoms. The average Bonchev–Trinajstić information content (AvgIpc) is 2.66. The van der Waals surface area contributed by atoms with Gasteiger partial charge in [-0.3, -0.25) is 9.59 Å². The van der Waals surface area contributed by atoms with E-state index in [-0.39, 0.29) is 23.5 Å². The van der Waals surface area contributed by atoms with Gasteiger partial charge in [-0.1, -0.05) is 37.0 Å². The topological polar surface area (TPSA) is 84.0 Å². The molecular formula is C19H28N2O5S. The van der Waals surface area contributed by atoms with Gasteiger partial charge in [0.2, 0.25) is 10.0 Å². The molecule has 1 aromatic carbocycles. The molecule has 0 spiro atoms. The van der Waals surface area contributed by atoms with Crippen LogP contribution in [0.1, 0.15) is 37.7 Å². The molecule has 1 aliphatic carbocycles. The molecule has 1 aliphatic rings. The van der Waals surface area contributed by atoms with Crippen molar-refractivity contribution in [1.29, 1.82) is 0 Å². The molecule has 0 aromatic heterocycles. The van der Waals surface area contributed by atoms with E-state index in [0.717, 1.165) is 35.6 Å². The molecule has 1 saturated carbocycles. The summed E-state index contributed by atoms with van der Waals surface area (Å²) < 4.78 is 30.9. The predicted molar refractivity (Wildman–Crippen MR) is 102 cm³/mol. The second kappa shape index (κ2) is 9.32. The summed E-state index contributed by atoms with van der Waals surface area (Å²) in [7, 11) is -0.751. The highest BCUT2D eigenvalue weighted by molar-refractivity contribution is 7.89. The van der Waals surface area contributed by atoms with Gasteiger partial charge in [0.15, 0.2) is 6.61 Å². The number of carbonyl (C=O) groups excluding carboxylic acids is 2. The number of amides is 1. The van der Waals surface area contributed by atoms with Crippen LogP contribution in [-0.4, -0.2) is 62.8 Å². The Hall–Kier alpha value is -1.93. The molecule has 0 aliphatic heterocycles. The van der Waals surface area contributed by atoms with E-state index in [9.17, 15) is 18.0 Å². The summed E-state index contributed by atoms with van der Waals surface area (Å²) in [4.78, 5) is 25.9. The minimum absolute atomic E-state index is 0.108. The Morgan fingerprint density at radius 2 is 1.67 bits per heavy atom. The molecule has 0 atom stereocenters. The van der Waals surface area contributed by atoms with Crippen molar-refractivity contribution in [2.24, 2.45) is 0 Å². The number of hydrogen-bond acceptors (Lipinski definition) is 5. The van der Waals surface area contributed by atoms with Crippen molar-refractivity contribution in [1.82, 2.24) is 9.21 Å². The van der Waals surface area contributed by atoms with Gasteiger partial charge in [0, 0.05) is 20.1 Å². The lowest BCUT2D eigenvalue weighted by atomic mass is 9.94. The number of benzene rings is 1. The first kappa shape index (κ1) is 21.4. The Labute approximate surface area is 161 Å². The first-order chi connectivity index (χ1) is 12.7. The minimum atomic E-state index is -3.79. The number of hydrogen-bond donors (Lipinski definition) is 0. The van der Waals surface area contributed by atoms with Crippen molar-refractivity contribution in [3.8, 4) is 0 Å². The van der Waals surface area contributed by atoms with Crippen LogP contribution >= 0.6 is 0 Å². The third-order valence-corrected chi connectivity index (χ3v) is 6.77. The number of nitrogens with zero attached hydrogens (tertiary/aromatic N) is 2. The summed E-state index contributed by atoms with van der Waals surface area (Å²) in [5.74, 6) is -1.02. The van der Waals surface area contributed by atoms with Gasteiger partial charge in [-0.05, 0) is 31.9 Å². The summed E-state index contributed by atoms with van der Waals surface area (Å²) in [6, 6.07) is 6.57. The molecular weight excluding hydrogens is 368 g/mol. The second-order valence-electron chi connectivity index (χ2n) is 7.03. The molecule has 27 heavy (non-hydrogen) atoms. The van der Waals surface area contributed by atoms with E-state index in [1.165, 1.54) is 25.6 Å². The number of carbonyl (C=O) groups is 2. The predicted octanol–water partition coefficient (Wildman–Crippen LogP) is 1.95. The van der Waals surface area contributed by atoms with E-state index in [1.54, 1.807) is 24.1 Å². The molecule has 1 amide bonds. The zero-order chi connectivity index (χ0) is 20.0. The van der Waals surface area contributed by atoms with E-state index >= 15 is 0 Å². The molecule has 8 heteroatoms. The molecule has 2 rings (SSSR count). The van der Waals surface area contributed by atoms with Crippen LogP contribution in [0.5, 0.6) is 0 Å². The van der Waals surface area contributed by atoms with Gasteiger partial charge in [0.25, 0.3) is 5.91 Å². The van der Waals surface area contributed by atoms with Gasteiger partial charge in [-0.2, -0.15) is 4.31 Å². The molecule has 1 fully saturated rings. The fraction of sp³-hybridized carbons (Fsp3) is 0.579. The zero-order valence-corrected chi connectivity index (χ0v) is 17.0. The van der Waals surface area contributed by atoms with Crippen molar-refractivity contribution < 1.29 is 22.7 Å². The van der Waals surface area contributed by atoms with Gasteiger partial charge in [0.1, 0.15) is 6.54 Å².